The third-order valence-electron chi connectivity index (χ3n) is 3.66. The average molecular weight is 286 g/mol. The first-order valence-corrected chi connectivity index (χ1v) is 7.12. The molecule has 0 aliphatic carbocycles. The summed E-state index contributed by atoms with van der Waals surface area (Å²) in [4.78, 5) is 15.6. The molecule has 0 atom stereocenters. The maximum absolute atomic E-state index is 11.3. The summed E-state index contributed by atoms with van der Waals surface area (Å²) in [6.07, 6.45) is 2.18. The average Bonchev–Trinajstić information content (AvgIpc) is 2.83. The van der Waals surface area contributed by atoms with Gasteiger partial charge >= 0.3 is 0 Å². The second-order valence-electron chi connectivity index (χ2n) is 5.10. The van der Waals surface area contributed by atoms with Crippen LogP contribution in [0.25, 0.3) is 11.5 Å². The maximum atomic E-state index is 11.3. The van der Waals surface area contributed by atoms with Crippen LogP contribution in [0.2, 0.25) is 0 Å². The number of aromatic nitrogens is 2. The molecule has 6 heteroatoms. The van der Waals surface area contributed by atoms with E-state index in [1.807, 2.05) is 6.07 Å². The van der Waals surface area contributed by atoms with Gasteiger partial charge in [0.05, 0.1) is 6.42 Å². The Morgan fingerprint density at radius 2 is 2.14 bits per heavy atom. The van der Waals surface area contributed by atoms with Crippen molar-refractivity contribution < 1.29 is 9.32 Å². The fourth-order valence-corrected chi connectivity index (χ4v) is 2.48. The van der Waals surface area contributed by atoms with Crippen molar-refractivity contribution in [2.45, 2.75) is 19.3 Å². The molecule has 21 heavy (non-hydrogen) atoms. The summed E-state index contributed by atoms with van der Waals surface area (Å²) in [6.45, 7) is 2.01. The zero-order chi connectivity index (χ0) is 14.7. The second-order valence-corrected chi connectivity index (χ2v) is 5.10. The maximum Gasteiger partial charge on any atom is 0.257 e. The summed E-state index contributed by atoms with van der Waals surface area (Å²) in [5.74, 6) is 0.741. The molecular weight excluding hydrogens is 268 g/mol. The van der Waals surface area contributed by atoms with Crippen molar-refractivity contribution in [3.05, 3.63) is 35.2 Å². The number of carbonyl (C=O) groups is 1. The Labute approximate surface area is 122 Å². The predicted molar refractivity (Wildman–Crippen MR) is 77.8 cm³/mol. The second kappa shape index (κ2) is 6.05. The van der Waals surface area contributed by atoms with E-state index >= 15 is 0 Å². The van der Waals surface area contributed by atoms with E-state index in [4.69, 9.17) is 4.52 Å². The van der Waals surface area contributed by atoms with Crippen molar-refractivity contribution in [1.29, 1.82) is 0 Å². The van der Waals surface area contributed by atoms with Gasteiger partial charge < -0.3 is 15.2 Å². The van der Waals surface area contributed by atoms with Crippen molar-refractivity contribution in [1.82, 2.24) is 20.8 Å². The van der Waals surface area contributed by atoms with Gasteiger partial charge in [-0.25, -0.2) is 0 Å². The SMILES string of the molecule is CNC(=O)Cc1noc(-c2ccc3c(c2)CCNCC3)n1. The summed E-state index contributed by atoms with van der Waals surface area (Å²) in [7, 11) is 1.59. The zero-order valence-corrected chi connectivity index (χ0v) is 12.0. The van der Waals surface area contributed by atoms with Crippen LogP contribution in [0.4, 0.5) is 0 Å². The lowest BCUT2D eigenvalue weighted by Gasteiger charge is -2.05. The highest BCUT2D eigenvalue weighted by molar-refractivity contribution is 5.77. The number of nitrogens with one attached hydrogen (secondary N) is 2. The lowest BCUT2D eigenvalue weighted by Crippen LogP contribution is -2.20. The molecule has 0 saturated carbocycles. The Morgan fingerprint density at radius 1 is 1.33 bits per heavy atom. The molecule has 1 aliphatic rings. The van der Waals surface area contributed by atoms with E-state index in [2.05, 4.69) is 32.9 Å². The van der Waals surface area contributed by atoms with Crippen LogP contribution in [-0.2, 0) is 24.1 Å². The van der Waals surface area contributed by atoms with Crippen LogP contribution >= 0.6 is 0 Å². The highest BCUT2D eigenvalue weighted by atomic mass is 16.5. The van der Waals surface area contributed by atoms with E-state index in [-0.39, 0.29) is 12.3 Å². The molecule has 1 amide bonds. The molecule has 2 aromatic rings. The van der Waals surface area contributed by atoms with Crippen LogP contribution in [0.3, 0.4) is 0 Å². The first-order valence-electron chi connectivity index (χ1n) is 7.12. The van der Waals surface area contributed by atoms with Crippen LogP contribution in [-0.4, -0.2) is 36.2 Å². The highest BCUT2D eigenvalue weighted by Gasteiger charge is 2.14. The van der Waals surface area contributed by atoms with Gasteiger partial charge in [0.2, 0.25) is 5.91 Å². The standard InChI is InChI=1S/C15H18N4O2/c1-16-14(20)9-13-18-15(21-19-13)12-3-2-10-4-6-17-7-5-11(10)8-12/h2-3,8,17H,4-7,9H2,1H3,(H,16,20). The number of amides is 1. The molecule has 2 heterocycles. The monoisotopic (exact) mass is 286 g/mol. The van der Waals surface area contributed by atoms with E-state index < -0.39 is 0 Å². The number of carbonyl (C=O) groups excluding carboxylic acids is 1. The normalized spacial score (nSPS) is 14.3. The van der Waals surface area contributed by atoms with Gasteiger partial charge in [0.1, 0.15) is 0 Å². The van der Waals surface area contributed by atoms with E-state index in [0.29, 0.717) is 11.7 Å². The van der Waals surface area contributed by atoms with E-state index in [0.717, 1.165) is 31.5 Å². The van der Waals surface area contributed by atoms with Crippen molar-refractivity contribution in [2.24, 2.45) is 0 Å². The Balaban J connectivity index is 1.84. The molecule has 110 valence electrons. The van der Waals surface area contributed by atoms with Crippen LogP contribution in [0.5, 0.6) is 0 Å². The van der Waals surface area contributed by atoms with Crippen molar-refractivity contribution in [3.8, 4) is 11.5 Å². The van der Waals surface area contributed by atoms with Crippen LogP contribution < -0.4 is 10.6 Å². The van der Waals surface area contributed by atoms with Crippen LogP contribution in [0, 0.1) is 0 Å². The molecule has 6 nitrogen and oxygen atoms in total. The van der Waals surface area contributed by atoms with Gasteiger partial charge in [-0.3, -0.25) is 4.79 Å². The first-order chi connectivity index (χ1) is 10.3. The Hall–Kier alpha value is -2.21. The van der Waals surface area contributed by atoms with Gasteiger partial charge in [0, 0.05) is 12.6 Å². The number of benzene rings is 1. The van der Waals surface area contributed by atoms with E-state index in [1.165, 1.54) is 11.1 Å². The quantitative estimate of drug-likeness (QED) is 0.869. The lowest BCUT2D eigenvalue weighted by atomic mass is 10.00. The molecular formula is C15H18N4O2. The highest BCUT2D eigenvalue weighted by Crippen LogP contribution is 2.23. The van der Waals surface area contributed by atoms with Crippen molar-refractivity contribution in [2.75, 3.05) is 20.1 Å². The number of nitrogens with zero attached hydrogens (tertiary/aromatic N) is 2. The van der Waals surface area contributed by atoms with Crippen molar-refractivity contribution in [3.63, 3.8) is 0 Å². The van der Waals surface area contributed by atoms with Gasteiger partial charge in [-0.2, -0.15) is 4.98 Å². The van der Waals surface area contributed by atoms with Gasteiger partial charge in [0.15, 0.2) is 5.82 Å². The third-order valence-corrected chi connectivity index (χ3v) is 3.66. The zero-order valence-electron chi connectivity index (χ0n) is 12.0. The molecule has 0 radical (unpaired) electrons. The largest absolute Gasteiger partial charge is 0.359 e. The molecule has 0 fully saturated rings. The molecule has 1 aliphatic heterocycles. The Kier molecular flexibility index (Phi) is 3.96. The fourth-order valence-electron chi connectivity index (χ4n) is 2.48. The molecule has 2 N–H and O–H groups in total. The molecule has 1 aromatic carbocycles. The molecule has 1 aromatic heterocycles. The minimum atomic E-state index is -0.129. The molecule has 0 saturated heterocycles. The molecule has 3 rings (SSSR count). The molecule has 0 spiro atoms. The topological polar surface area (TPSA) is 80.0 Å². The number of hydrogen-bond acceptors (Lipinski definition) is 5. The third kappa shape index (κ3) is 3.11. The van der Waals surface area contributed by atoms with Gasteiger partial charge in [0.25, 0.3) is 5.89 Å². The number of hydrogen-bond donors (Lipinski definition) is 2. The summed E-state index contributed by atoms with van der Waals surface area (Å²) < 4.78 is 5.26. The first kappa shape index (κ1) is 13.8. The predicted octanol–water partition coefficient (Wildman–Crippen LogP) is 0.713. The van der Waals surface area contributed by atoms with E-state index in [1.54, 1.807) is 7.05 Å². The smallest absolute Gasteiger partial charge is 0.257 e. The minimum absolute atomic E-state index is 0.129. The summed E-state index contributed by atoms with van der Waals surface area (Å²) in [5.41, 5.74) is 3.60. The van der Waals surface area contributed by atoms with Gasteiger partial charge in [-0.15, -0.1) is 0 Å². The van der Waals surface area contributed by atoms with Crippen molar-refractivity contribution >= 4 is 5.91 Å². The Bertz CT molecular complexity index is 651. The summed E-state index contributed by atoms with van der Waals surface area (Å²) >= 11 is 0. The van der Waals surface area contributed by atoms with Crippen LogP contribution in [0.1, 0.15) is 17.0 Å². The van der Waals surface area contributed by atoms with Gasteiger partial charge in [-0.1, -0.05) is 11.2 Å². The minimum Gasteiger partial charge on any atom is -0.359 e. The number of rotatable bonds is 3. The molecule has 0 unspecified atom stereocenters. The Morgan fingerprint density at radius 3 is 2.95 bits per heavy atom. The van der Waals surface area contributed by atoms with Gasteiger partial charge in [-0.05, 0) is 49.2 Å². The lowest BCUT2D eigenvalue weighted by molar-refractivity contribution is -0.120. The summed E-state index contributed by atoms with van der Waals surface area (Å²) in [5, 5.41) is 9.78. The van der Waals surface area contributed by atoms with E-state index in [9.17, 15) is 4.79 Å². The van der Waals surface area contributed by atoms with Crippen LogP contribution in [0.15, 0.2) is 22.7 Å². The summed E-state index contributed by atoms with van der Waals surface area (Å²) in [6, 6.07) is 6.24. The fraction of sp³-hybridized carbons (Fsp3) is 0.400. The number of likely N-dealkylation sites (N-methyl/N-ethyl adjacent to an activating group) is 1. The molecule has 0 bridgehead atoms. The number of fused-ring (bicyclic) bond motifs is 1.